The zero-order chi connectivity index (χ0) is 21.8. The smallest absolute Gasteiger partial charge is 0.338 e. The Labute approximate surface area is 170 Å². The van der Waals surface area contributed by atoms with E-state index in [2.05, 4.69) is 0 Å². The van der Waals surface area contributed by atoms with Gasteiger partial charge in [0, 0.05) is 20.2 Å². The molecule has 8 nitrogen and oxygen atoms in total. The number of Topliss-reactive ketones (excluding diaryl/α,β-unsaturated/α-hetero) is 1. The van der Waals surface area contributed by atoms with Crippen molar-refractivity contribution in [2.75, 3.05) is 28.3 Å². The fourth-order valence-corrected chi connectivity index (χ4v) is 3.45. The van der Waals surface area contributed by atoms with Crippen LogP contribution in [0, 0.1) is 0 Å². The number of sulfonamides is 1. The number of carbonyl (C=O) groups is 2. The molecule has 0 heterocycles. The van der Waals surface area contributed by atoms with Crippen molar-refractivity contribution in [3.05, 3.63) is 53.6 Å². The summed E-state index contributed by atoms with van der Waals surface area (Å²) in [6.45, 7) is 1.43. The molecule has 0 aliphatic carbocycles. The van der Waals surface area contributed by atoms with E-state index in [4.69, 9.17) is 14.2 Å². The molecular weight excluding hydrogens is 398 g/mol. The Morgan fingerprint density at radius 3 is 2.28 bits per heavy atom. The van der Waals surface area contributed by atoms with E-state index >= 15 is 0 Å². The third-order valence-corrected chi connectivity index (χ3v) is 5.99. The van der Waals surface area contributed by atoms with Gasteiger partial charge in [-0.2, -0.15) is 0 Å². The molecule has 2 rings (SSSR count). The molecule has 0 saturated heterocycles. The van der Waals surface area contributed by atoms with E-state index in [9.17, 15) is 18.0 Å². The number of carbonyl (C=O) groups excluding carboxylic acids is 2. The first-order valence-electron chi connectivity index (χ1n) is 8.61. The topological polar surface area (TPSA) is 99.2 Å². The number of rotatable bonds is 8. The van der Waals surface area contributed by atoms with Crippen LogP contribution < -0.4 is 9.47 Å². The second-order valence-corrected chi connectivity index (χ2v) is 8.45. The minimum atomic E-state index is -3.71. The molecule has 0 spiro atoms. The summed E-state index contributed by atoms with van der Waals surface area (Å²) in [6.07, 6.45) is -1.11. The molecule has 156 valence electrons. The predicted molar refractivity (Wildman–Crippen MR) is 106 cm³/mol. The van der Waals surface area contributed by atoms with Gasteiger partial charge in [0.1, 0.15) is 11.5 Å². The van der Waals surface area contributed by atoms with Gasteiger partial charge in [0.05, 0.1) is 30.2 Å². The van der Waals surface area contributed by atoms with Gasteiger partial charge in [0.25, 0.3) is 0 Å². The molecule has 0 saturated carbocycles. The highest BCUT2D eigenvalue weighted by Crippen LogP contribution is 2.26. The highest BCUT2D eigenvalue weighted by molar-refractivity contribution is 7.89. The van der Waals surface area contributed by atoms with Crippen molar-refractivity contribution in [1.82, 2.24) is 4.31 Å². The summed E-state index contributed by atoms with van der Waals surface area (Å²) < 4.78 is 41.1. The molecule has 0 aliphatic heterocycles. The van der Waals surface area contributed by atoms with Crippen LogP contribution in [0.5, 0.6) is 11.5 Å². The second-order valence-electron chi connectivity index (χ2n) is 6.29. The molecule has 0 aliphatic rings. The van der Waals surface area contributed by atoms with Crippen molar-refractivity contribution in [2.24, 2.45) is 0 Å². The van der Waals surface area contributed by atoms with Crippen LogP contribution in [0.1, 0.15) is 27.6 Å². The van der Waals surface area contributed by atoms with Crippen molar-refractivity contribution < 1.29 is 32.2 Å². The highest BCUT2D eigenvalue weighted by Gasteiger charge is 2.25. The number of nitrogens with zero attached hydrogens (tertiary/aromatic N) is 1. The maximum atomic E-state index is 12.7. The lowest BCUT2D eigenvalue weighted by Gasteiger charge is -2.16. The fourth-order valence-electron chi connectivity index (χ4n) is 2.50. The molecule has 0 fully saturated rings. The summed E-state index contributed by atoms with van der Waals surface area (Å²) in [4.78, 5) is 25.1. The van der Waals surface area contributed by atoms with Gasteiger partial charge in [0.2, 0.25) is 15.8 Å². The zero-order valence-electron chi connectivity index (χ0n) is 16.8. The number of ketones is 1. The first-order valence-corrected chi connectivity index (χ1v) is 10.1. The number of hydrogen-bond donors (Lipinski definition) is 0. The molecule has 0 unspecified atom stereocenters. The van der Waals surface area contributed by atoms with Gasteiger partial charge in [-0.3, -0.25) is 4.79 Å². The van der Waals surface area contributed by atoms with E-state index in [-0.39, 0.29) is 21.8 Å². The van der Waals surface area contributed by atoms with Crippen LogP contribution in [-0.4, -0.2) is 58.9 Å². The minimum absolute atomic E-state index is 0.0225. The summed E-state index contributed by atoms with van der Waals surface area (Å²) in [5.74, 6) is -0.470. The van der Waals surface area contributed by atoms with Crippen LogP contribution in [0.3, 0.4) is 0 Å². The molecule has 0 aromatic heterocycles. The van der Waals surface area contributed by atoms with Crippen LogP contribution in [-0.2, 0) is 14.8 Å². The van der Waals surface area contributed by atoms with E-state index in [0.717, 1.165) is 4.31 Å². The third kappa shape index (κ3) is 4.93. The summed E-state index contributed by atoms with van der Waals surface area (Å²) >= 11 is 0. The fraction of sp³-hybridized carbons (Fsp3) is 0.300. The van der Waals surface area contributed by atoms with Gasteiger partial charge in [0.15, 0.2) is 6.10 Å². The van der Waals surface area contributed by atoms with Crippen LogP contribution in [0.4, 0.5) is 0 Å². The first-order chi connectivity index (χ1) is 13.6. The molecule has 9 heteroatoms. The third-order valence-electron chi connectivity index (χ3n) is 4.18. The molecule has 0 amide bonds. The predicted octanol–water partition coefficient (Wildman–Crippen LogP) is 2.38. The van der Waals surface area contributed by atoms with Crippen molar-refractivity contribution in [3.8, 4) is 11.5 Å². The van der Waals surface area contributed by atoms with Crippen LogP contribution in [0.15, 0.2) is 47.4 Å². The largest absolute Gasteiger partial charge is 0.497 e. The summed E-state index contributed by atoms with van der Waals surface area (Å²) in [5.41, 5.74) is 0.256. The van der Waals surface area contributed by atoms with E-state index in [1.54, 1.807) is 12.1 Å². The zero-order valence-corrected chi connectivity index (χ0v) is 17.6. The Morgan fingerprint density at radius 1 is 1.00 bits per heavy atom. The Bertz CT molecular complexity index is 1020. The van der Waals surface area contributed by atoms with Crippen LogP contribution >= 0.6 is 0 Å². The van der Waals surface area contributed by atoms with Crippen molar-refractivity contribution in [2.45, 2.75) is 17.9 Å². The Kier molecular flexibility index (Phi) is 6.99. The van der Waals surface area contributed by atoms with Crippen molar-refractivity contribution in [1.29, 1.82) is 0 Å². The van der Waals surface area contributed by atoms with Crippen LogP contribution in [0.2, 0.25) is 0 Å². The standard InChI is InChI=1S/C20H23NO7S/c1-13(19(22)17-10-9-15(26-4)12-18(17)27-5)28-20(23)14-7-6-8-16(11-14)29(24,25)21(2)3/h6-13H,1-5H3/t13-/m0/s1. The lowest BCUT2D eigenvalue weighted by Crippen LogP contribution is -2.25. The molecule has 0 radical (unpaired) electrons. The minimum Gasteiger partial charge on any atom is -0.497 e. The maximum Gasteiger partial charge on any atom is 0.338 e. The molecule has 1 atom stereocenters. The first kappa shape index (κ1) is 22.4. The van der Waals surface area contributed by atoms with Crippen molar-refractivity contribution >= 4 is 21.8 Å². The molecule has 29 heavy (non-hydrogen) atoms. The van der Waals surface area contributed by atoms with Gasteiger partial charge in [-0.25, -0.2) is 17.5 Å². The quantitative estimate of drug-likeness (QED) is 0.477. The van der Waals surface area contributed by atoms with Gasteiger partial charge < -0.3 is 14.2 Å². The average Bonchev–Trinajstić information content (AvgIpc) is 2.72. The Morgan fingerprint density at radius 2 is 1.69 bits per heavy atom. The molecular formula is C20H23NO7S. The Balaban J connectivity index is 2.22. The number of esters is 1. The van der Waals surface area contributed by atoms with E-state index in [0.29, 0.717) is 5.75 Å². The number of ether oxygens (including phenoxy) is 3. The normalized spacial score (nSPS) is 12.3. The number of methoxy groups -OCH3 is 2. The molecule has 0 bridgehead atoms. The lowest BCUT2D eigenvalue weighted by molar-refractivity contribution is 0.0317. The summed E-state index contributed by atoms with van der Waals surface area (Å²) in [5, 5.41) is 0. The summed E-state index contributed by atoms with van der Waals surface area (Å²) in [6, 6.07) is 10.1. The van der Waals surface area contributed by atoms with Gasteiger partial charge in [-0.05, 0) is 37.3 Å². The monoisotopic (exact) mass is 421 g/mol. The molecule has 2 aromatic rings. The molecule has 2 aromatic carbocycles. The molecule has 0 N–H and O–H groups in total. The van der Waals surface area contributed by atoms with E-state index in [1.807, 2.05) is 0 Å². The van der Waals surface area contributed by atoms with E-state index in [1.165, 1.54) is 65.6 Å². The average molecular weight is 421 g/mol. The highest BCUT2D eigenvalue weighted by atomic mass is 32.2. The number of benzene rings is 2. The summed E-state index contributed by atoms with van der Waals surface area (Å²) in [7, 11) is 1.99. The maximum absolute atomic E-state index is 12.7. The van der Waals surface area contributed by atoms with E-state index < -0.39 is 27.9 Å². The van der Waals surface area contributed by atoms with Gasteiger partial charge in [-0.15, -0.1) is 0 Å². The van der Waals surface area contributed by atoms with Crippen LogP contribution in [0.25, 0.3) is 0 Å². The SMILES string of the molecule is COc1ccc(C(=O)[C@H](C)OC(=O)c2cccc(S(=O)(=O)N(C)C)c2)c(OC)c1. The second kappa shape index (κ2) is 9.06. The number of hydrogen-bond acceptors (Lipinski definition) is 7. The Hall–Kier alpha value is -2.91. The lowest BCUT2D eigenvalue weighted by atomic mass is 10.1. The van der Waals surface area contributed by atoms with Gasteiger partial charge >= 0.3 is 5.97 Å². The van der Waals surface area contributed by atoms with Crippen molar-refractivity contribution in [3.63, 3.8) is 0 Å². The van der Waals surface area contributed by atoms with Gasteiger partial charge in [-0.1, -0.05) is 6.07 Å².